The third-order valence-electron chi connectivity index (χ3n) is 4.33. The molecule has 27 heavy (non-hydrogen) atoms. The van der Waals surface area contributed by atoms with Crippen molar-refractivity contribution >= 4 is 28.9 Å². The van der Waals surface area contributed by atoms with E-state index in [2.05, 4.69) is 30.7 Å². The van der Waals surface area contributed by atoms with E-state index < -0.39 is 0 Å². The number of nitrogens with one attached hydrogen (secondary N) is 2. The highest BCUT2D eigenvalue weighted by Crippen LogP contribution is 2.23. The number of hydrogen-bond donors (Lipinski definition) is 2. The van der Waals surface area contributed by atoms with Gasteiger partial charge in [0.2, 0.25) is 5.76 Å². The monoisotopic (exact) mass is 364 g/mol. The van der Waals surface area contributed by atoms with Gasteiger partial charge in [0.05, 0.1) is 6.20 Å². The molecule has 0 aliphatic carbocycles. The summed E-state index contributed by atoms with van der Waals surface area (Å²) in [4.78, 5) is 23.3. The zero-order chi connectivity index (χ0) is 18.6. The van der Waals surface area contributed by atoms with Crippen LogP contribution in [0.3, 0.4) is 0 Å². The maximum absolute atomic E-state index is 12.0. The molecule has 8 nitrogen and oxygen atoms in total. The third kappa shape index (κ3) is 4.05. The van der Waals surface area contributed by atoms with Crippen LogP contribution < -0.4 is 15.5 Å². The molecule has 8 heteroatoms. The molecule has 1 fully saturated rings. The molecule has 0 atom stereocenters. The molecule has 0 bridgehead atoms. The Morgan fingerprint density at radius 3 is 2.52 bits per heavy atom. The molecule has 1 saturated heterocycles. The number of amides is 1. The van der Waals surface area contributed by atoms with E-state index in [1.807, 2.05) is 37.3 Å². The summed E-state index contributed by atoms with van der Waals surface area (Å²) in [6, 6.07) is 10.9. The number of nitrogens with zero attached hydrogens (tertiary/aromatic N) is 4. The molecule has 1 aliphatic heterocycles. The van der Waals surface area contributed by atoms with Crippen molar-refractivity contribution in [3.8, 4) is 0 Å². The average molecular weight is 364 g/mol. The largest absolute Gasteiger partial charge is 0.356 e. The summed E-state index contributed by atoms with van der Waals surface area (Å²) in [6.07, 6.45) is 3.84. The lowest BCUT2D eigenvalue weighted by Gasteiger charge is -2.18. The summed E-state index contributed by atoms with van der Waals surface area (Å²) < 4.78 is 4.84. The van der Waals surface area contributed by atoms with Gasteiger partial charge in [-0.15, -0.1) is 0 Å². The van der Waals surface area contributed by atoms with Crippen molar-refractivity contribution in [2.75, 3.05) is 28.6 Å². The smallest absolute Gasteiger partial charge is 0.294 e. The molecule has 3 aromatic rings. The Morgan fingerprint density at radius 1 is 1.07 bits per heavy atom. The number of aryl methyl sites for hydroxylation is 1. The number of anilines is 4. The number of rotatable bonds is 5. The zero-order valence-electron chi connectivity index (χ0n) is 15.0. The molecule has 1 aromatic carbocycles. The Morgan fingerprint density at radius 2 is 1.81 bits per heavy atom. The van der Waals surface area contributed by atoms with Crippen LogP contribution in [0, 0.1) is 6.92 Å². The van der Waals surface area contributed by atoms with E-state index in [0.29, 0.717) is 5.69 Å². The Bertz CT molecular complexity index is 918. The summed E-state index contributed by atoms with van der Waals surface area (Å²) in [5.41, 5.74) is 1.54. The molecule has 0 radical (unpaired) electrons. The second-order valence-electron chi connectivity index (χ2n) is 6.39. The lowest BCUT2D eigenvalue weighted by Crippen LogP contribution is -2.19. The van der Waals surface area contributed by atoms with Gasteiger partial charge in [0.15, 0.2) is 0 Å². The van der Waals surface area contributed by atoms with Crippen molar-refractivity contribution in [1.29, 1.82) is 0 Å². The molecular weight excluding hydrogens is 344 g/mol. The van der Waals surface area contributed by atoms with Gasteiger partial charge in [0.1, 0.15) is 17.5 Å². The molecular formula is C19H20N6O2. The van der Waals surface area contributed by atoms with Crippen LogP contribution in [-0.4, -0.2) is 34.1 Å². The Balaban J connectivity index is 1.44. The number of carbonyl (C=O) groups is 1. The van der Waals surface area contributed by atoms with Crippen molar-refractivity contribution in [3.05, 3.63) is 54.2 Å². The van der Waals surface area contributed by atoms with Crippen LogP contribution in [0.15, 0.2) is 47.1 Å². The Hall–Kier alpha value is -3.42. The van der Waals surface area contributed by atoms with Gasteiger partial charge in [0, 0.05) is 36.6 Å². The van der Waals surface area contributed by atoms with Crippen molar-refractivity contribution in [1.82, 2.24) is 15.1 Å². The quantitative estimate of drug-likeness (QED) is 0.716. The minimum absolute atomic E-state index is 0.170. The maximum atomic E-state index is 12.0. The van der Waals surface area contributed by atoms with E-state index in [9.17, 15) is 4.79 Å². The molecule has 0 spiro atoms. The first-order chi connectivity index (χ1) is 13.2. The highest BCUT2D eigenvalue weighted by molar-refractivity contribution is 6.02. The van der Waals surface area contributed by atoms with Crippen LogP contribution in [0.2, 0.25) is 0 Å². The van der Waals surface area contributed by atoms with Crippen molar-refractivity contribution in [3.63, 3.8) is 0 Å². The van der Waals surface area contributed by atoms with E-state index >= 15 is 0 Å². The SMILES string of the molecule is Cc1nc(Nc2ccc(NC(=O)c3ccno3)cc2)cc(N2CCCC2)n1. The number of hydrogen-bond acceptors (Lipinski definition) is 7. The molecule has 138 valence electrons. The topological polar surface area (TPSA) is 96.2 Å². The van der Waals surface area contributed by atoms with E-state index in [0.717, 1.165) is 36.2 Å². The van der Waals surface area contributed by atoms with Crippen LogP contribution in [0.4, 0.5) is 23.0 Å². The van der Waals surface area contributed by atoms with Gasteiger partial charge in [-0.25, -0.2) is 9.97 Å². The van der Waals surface area contributed by atoms with Crippen molar-refractivity contribution in [2.24, 2.45) is 0 Å². The van der Waals surface area contributed by atoms with Crippen LogP contribution in [0.1, 0.15) is 29.2 Å². The lowest BCUT2D eigenvalue weighted by molar-refractivity contribution is 0.0988. The molecule has 2 aromatic heterocycles. The summed E-state index contributed by atoms with van der Waals surface area (Å²) in [5.74, 6) is 2.28. The van der Waals surface area contributed by atoms with E-state index in [4.69, 9.17) is 4.52 Å². The molecule has 4 rings (SSSR count). The first kappa shape index (κ1) is 17.0. The van der Waals surface area contributed by atoms with Crippen molar-refractivity contribution < 1.29 is 9.32 Å². The predicted molar refractivity (Wildman–Crippen MR) is 102 cm³/mol. The lowest BCUT2D eigenvalue weighted by atomic mass is 10.2. The van der Waals surface area contributed by atoms with Crippen LogP contribution in [-0.2, 0) is 0 Å². The normalized spacial score (nSPS) is 13.6. The van der Waals surface area contributed by atoms with E-state index in [1.54, 1.807) is 0 Å². The first-order valence-electron chi connectivity index (χ1n) is 8.87. The minimum atomic E-state index is -0.338. The standard InChI is InChI=1S/C19H20N6O2/c1-13-21-17(12-18(22-13)25-10-2-3-11-25)23-14-4-6-15(7-5-14)24-19(26)16-8-9-20-27-16/h4-9,12H,2-3,10-11H2,1H3,(H,24,26)(H,21,22,23). The maximum Gasteiger partial charge on any atom is 0.294 e. The molecule has 1 aliphatic rings. The molecule has 1 amide bonds. The number of benzene rings is 1. The van der Waals surface area contributed by atoms with E-state index in [1.165, 1.54) is 25.1 Å². The summed E-state index contributed by atoms with van der Waals surface area (Å²) >= 11 is 0. The van der Waals surface area contributed by atoms with Gasteiger partial charge >= 0.3 is 0 Å². The van der Waals surface area contributed by atoms with E-state index in [-0.39, 0.29) is 11.7 Å². The fraction of sp³-hybridized carbons (Fsp3) is 0.263. The zero-order valence-corrected chi connectivity index (χ0v) is 15.0. The Kier molecular flexibility index (Phi) is 4.69. The highest BCUT2D eigenvalue weighted by Gasteiger charge is 2.15. The highest BCUT2D eigenvalue weighted by atomic mass is 16.5. The van der Waals surface area contributed by atoms with Crippen LogP contribution in [0.5, 0.6) is 0 Å². The molecule has 0 unspecified atom stereocenters. The van der Waals surface area contributed by atoms with Crippen LogP contribution >= 0.6 is 0 Å². The van der Waals surface area contributed by atoms with Gasteiger partial charge in [-0.1, -0.05) is 5.16 Å². The summed E-state index contributed by atoms with van der Waals surface area (Å²) in [6.45, 7) is 3.97. The minimum Gasteiger partial charge on any atom is -0.356 e. The first-order valence-corrected chi connectivity index (χ1v) is 8.87. The second-order valence-corrected chi connectivity index (χ2v) is 6.39. The fourth-order valence-corrected chi connectivity index (χ4v) is 3.03. The number of carbonyl (C=O) groups excluding carboxylic acids is 1. The van der Waals surface area contributed by atoms with Gasteiger partial charge in [-0.05, 0) is 44.0 Å². The molecule has 0 saturated carbocycles. The second kappa shape index (κ2) is 7.45. The van der Waals surface area contributed by atoms with Crippen LogP contribution in [0.25, 0.3) is 0 Å². The van der Waals surface area contributed by atoms with Gasteiger partial charge < -0.3 is 20.1 Å². The summed E-state index contributed by atoms with van der Waals surface area (Å²) in [5, 5.41) is 9.58. The van der Waals surface area contributed by atoms with Gasteiger partial charge in [0.25, 0.3) is 5.91 Å². The number of aromatic nitrogens is 3. The van der Waals surface area contributed by atoms with Gasteiger partial charge in [-0.3, -0.25) is 4.79 Å². The summed E-state index contributed by atoms with van der Waals surface area (Å²) in [7, 11) is 0. The molecule has 2 N–H and O–H groups in total. The predicted octanol–water partition coefficient (Wildman–Crippen LogP) is 3.37. The average Bonchev–Trinajstić information content (AvgIpc) is 3.37. The molecule has 3 heterocycles. The fourth-order valence-electron chi connectivity index (χ4n) is 3.03. The van der Waals surface area contributed by atoms with Crippen molar-refractivity contribution in [2.45, 2.75) is 19.8 Å². The van der Waals surface area contributed by atoms with Gasteiger partial charge in [-0.2, -0.15) is 0 Å². The third-order valence-corrected chi connectivity index (χ3v) is 4.33. The Labute approximate surface area is 156 Å².